The van der Waals surface area contributed by atoms with Crippen molar-refractivity contribution in [3.63, 3.8) is 0 Å². The summed E-state index contributed by atoms with van der Waals surface area (Å²) < 4.78 is 2.43. The van der Waals surface area contributed by atoms with Gasteiger partial charge in [0.1, 0.15) is 0 Å². The number of rotatable bonds is 7. The van der Waals surface area contributed by atoms with Crippen molar-refractivity contribution in [3.8, 4) is 11.1 Å². The average molecular weight is 871 g/mol. The SMILES string of the molecule is [Se]=P(c1ccccc1)(c1ccccc1)c1ccc2c3ccc(P(=[Se])(c4ccccc4)c4ccccc4)cc3n3c4cc(-c5ccccc5)ccc4nc3c2c1. The minimum atomic E-state index is -2.12. The predicted octanol–water partition coefficient (Wildman–Crippen LogP) is 9.22. The molecule has 0 saturated heterocycles. The summed E-state index contributed by atoms with van der Waals surface area (Å²) in [7, 11) is 0. The van der Waals surface area contributed by atoms with E-state index in [0.717, 1.165) is 27.6 Å². The van der Waals surface area contributed by atoms with E-state index < -0.39 is 11.0 Å². The van der Waals surface area contributed by atoms with E-state index >= 15 is 0 Å². The van der Waals surface area contributed by atoms with Crippen LogP contribution in [0, 0.1) is 0 Å². The fourth-order valence-corrected chi connectivity index (χ4v) is 17.9. The van der Waals surface area contributed by atoms with Gasteiger partial charge in [-0.1, -0.05) is 0 Å². The summed E-state index contributed by atoms with van der Waals surface area (Å²) in [5, 5.41) is 11.4. The molecule has 0 aliphatic heterocycles. The van der Waals surface area contributed by atoms with Gasteiger partial charge < -0.3 is 0 Å². The van der Waals surface area contributed by atoms with Crippen LogP contribution in [-0.4, -0.2) is 39.6 Å². The quantitative estimate of drug-likeness (QED) is 0.0888. The summed E-state index contributed by atoms with van der Waals surface area (Å²) in [5.41, 5.74) is 2.34. The minimum absolute atomic E-state index is 0.970. The van der Waals surface area contributed by atoms with E-state index in [9.17, 15) is 0 Å². The van der Waals surface area contributed by atoms with Crippen molar-refractivity contribution >= 4 is 111 Å². The van der Waals surface area contributed by atoms with Crippen LogP contribution in [0.4, 0.5) is 0 Å². The van der Waals surface area contributed by atoms with E-state index in [0.29, 0.717) is 0 Å². The monoisotopic (exact) mass is 872 g/mol. The van der Waals surface area contributed by atoms with E-state index in [1.54, 1.807) is 0 Å². The molecule has 10 rings (SSSR count). The standard InChI is InChI=1S/C49H34N2P2Se2/c54-52(37-18-8-2-9-19-37,38-20-10-3-11-21-38)41-27-29-43-44-30-28-42(53(55,39-22-12-4-13-23-39)40-24-14-5-15-25-40)34-47(44)51-48-32-36(35-16-6-1-7-17-35)26-31-46(48)50-49(51)45(43)33-41/h1-34H. The number of pyridine rings is 1. The third-order valence-corrected chi connectivity index (χ3v) is 24.8. The zero-order chi connectivity index (χ0) is 37.0. The summed E-state index contributed by atoms with van der Waals surface area (Å²) in [6.07, 6.45) is 0. The van der Waals surface area contributed by atoms with Crippen molar-refractivity contribution in [1.82, 2.24) is 9.38 Å². The van der Waals surface area contributed by atoms with Crippen LogP contribution in [0.25, 0.3) is 49.5 Å². The molecule has 55 heavy (non-hydrogen) atoms. The van der Waals surface area contributed by atoms with Crippen molar-refractivity contribution in [3.05, 3.63) is 206 Å². The Morgan fingerprint density at radius 1 is 0.345 bits per heavy atom. The number of hydrogen-bond donors (Lipinski definition) is 0. The Kier molecular flexibility index (Phi) is 8.82. The van der Waals surface area contributed by atoms with Crippen molar-refractivity contribution < 1.29 is 0 Å². The van der Waals surface area contributed by atoms with Crippen molar-refractivity contribution in [2.24, 2.45) is 0 Å². The van der Waals surface area contributed by atoms with E-state index in [2.05, 4.69) is 241 Å². The van der Waals surface area contributed by atoms with Crippen LogP contribution >= 0.6 is 11.0 Å². The van der Waals surface area contributed by atoms with Crippen LogP contribution < -0.4 is 31.8 Å². The molecule has 0 atom stereocenters. The van der Waals surface area contributed by atoms with Gasteiger partial charge in [0.15, 0.2) is 0 Å². The predicted molar refractivity (Wildman–Crippen MR) is 242 cm³/mol. The maximum atomic E-state index is 5.47. The van der Waals surface area contributed by atoms with Crippen LogP contribution in [0.2, 0.25) is 0 Å². The summed E-state index contributed by atoms with van der Waals surface area (Å²) in [4.78, 5) is 5.47. The van der Waals surface area contributed by atoms with Crippen LogP contribution in [-0.2, 0) is 0 Å². The molecule has 0 saturated carbocycles. The first kappa shape index (κ1) is 34.6. The first-order valence-electron chi connectivity index (χ1n) is 18.3. The Labute approximate surface area is 336 Å². The number of fused-ring (bicyclic) bond motifs is 8. The molecule has 0 unspecified atom stereocenters. The Hall–Kier alpha value is -4.87. The van der Waals surface area contributed by atoms with Crippen molar-refractivity contribution in [2.75, 3.05) is 0 Å². The van der Waals surface area contributed by atoms with Gasteiger partial charge in [0.2, 0.25) is 0 Å². The fraction of sp³-hybridized carbons (Fsp3) is 0. The van der Waals surface area contributed by atoms with Gasteiger partial charge in [-0.3, -0.25) is 0 Å². The third-order valence-electron chi connectivity index (χ3n) is 10.7. The van der Waals surface area contributed by atoms with Gasteiger partial charge in [-0.15, -0.1) is 0 Å². The summed E-state index contributed by atoms with van der Waals surface area (Å²) in [6, 6.07) is 75.4. The van der Waals surface area contributed by atoms with Crippen molar-refractivity contribution in [2.45, 2.75) is 0 Å². The van der Waals surface area contributed by atoms with Gasteiger partial charge >= 0.3 is 338 Å². The number of imidazole rings is 1. The normalized spacial score (nSPS) is 12.1. The van der Waals surface area contributed by atoms with Gasteiger partial charge in [0.25, 0.3) is 0 Å². The fourth-order valence-electron chi connectivity index (χ4n) is 8.03. The zero-order valence-electron chi connectivity index (χ0n) is 29.7. The maximum absolute atomic E-state index is 5.47. The molecular formula is C49H34N2P2Se2. The second-order valence-electron chi connectivity index (χ2n) is 13.8. The van der Waals surface area contributed by atoms with E-state index in [-0.39, 0.29) is 0 Å². The molecule has 10 aromatic rings. The molecule has 2 nitrogen and oxygen atoms in total. The molecule has 0 fully saturated rings. The molecule has 2 aromatic heterocycles. The first-order valence-corrected chi connectivity index (χ1v) is 26.4. The van der Waals surface area contributed by atoms with Gasteiger partial charge in [-0.25, -0.2) is 0 Å². The Morgan fingerprint density at radius 2 is 0.800 bits per heavy atom. The van der Waals surface area contributed by atoms with Crippen LogP contribution in [0.3, 0.4) is 0 Å². The molecule has 0 N–H and O–H groups in total. The second-order valence-corrected chi connectivity index (χ2v) is 26.3. The summed E-state index contributed by atoms with van der Waals surface area (Å²) in [5.74, 6) is 0. The van der Waals surface area contributed by atoms with Gasteiger partial charge in [0.05, 0.1) is 0 Å². The molecular weight excluding hydrogens is 836 g/mol. The third kappa shape index (κ3) is 5.72. The Balaban J connectivity index is 1.31. The number of nitrogens with zero attached hydrogens (tertiary/aromatic N) is 2. The Morgan fingerprint density at radius 3 is 1.31 bits per heavy atom. The van der Waals surface area contributed by atoms with Gasteiger partial charge in [0, 0.05) is 0 Å². The van der Waals surface area contributed by atoms with E-state index in [4.69, 9.17) is 4.98 Å². The topological polar surface area (TPSA) is 17.3 Å². The second kappa shape index (κ2) is 14.0. The number of aromatic nitrogens is 2. The van der Waals surface area contributed by atoms with Crippen molar-refractivity contribution in [1.29, 1.82) is 0 Å². The molecule has 8 aromatic carbocycles. The first-order chi connectivity index (χ1) is 27.0. The zero-order valence-corrected chi connectivity index (χ0v) is 35.0. The molecule has 2 heterocycles. The van der Waals surface area contributed by atoms with E-state index in [1.165, 1.54) is 53.7 Å². The molecule has 262 valence electrons. The number of benzene rings is 8. The molecule has 0 aliphatic carbocycles. The molecule has 0 aliphatic rings. The Bertz CT molecular complexity index is 3040. The van der Waals surface area contributed by atoms with Crippen LogP contribution in [0.1, 0.15) is 0 Å². The van der Waals surface area contributed by atoms with Crippen LogP contribution in [0.5, 0.6) is 0 Å². The number of hydrogen-bond acceptors (Lipinski definition) is 1. The molecule has 0 amide bonds. The molecule has 6 heteroatoms. The van der Waals surface area contributed by atoms with Gasteiger partial charge in [-0.05, 0) is 0 Å². The van der Waals surface area contributed by atoms with E-state index in [1.807, 2.05) is 0 Å². The molecule has 0 bridgehead atoms. The average Bonchev–Trinajstić information content (AvgIpc) is 3.66. The molecule has 0 radical (unpaired) electrons. The van der Waals surface area contributed by atoms with Crippen LogP contribution in [0.15, 0.2) is 206 Å². The summed E-state index contributed by atoms with van der Waals surface area (Å²) >= 11 is 7.57. The molecule has 0 spiro atoms. The summed E-state index contributed by atoms with van der Waals surface area (Å²) in [6.45, 7) is 0. The van der Waals surface area contributed by atoms with Gasteiger partial charge in [-0.2, -0.15) is 0 Å².